The van der Waals surface area contributed by atoms with Crippen molar-refractivity contribution in [2.45, 2.75) is 133 Å². The van der Waals surface area contributed by atoms with E-state index < -0.39 is 31.9 Å². The predicted molar refractivity (Wildman–Crippen MR) is 391 cm³/mol. The Hall–Kier alpha value is -7.06. The first-order chi connectivity index (χ1) is 47.1. The Balaban J connectivity index is 0.000000193. The summed E-state index contributed by atoms with van der Waals surface area (Å²) in [6.07, 6.45) is 10.5. The maximum Gasteiger partial charge on any atom is 0.211 e. The minimum absolute atomic E-state index is 0. The van der Waals surface area contributed by atoms with Gasteiger partial charge in [0.25, 0.3) is 0 Å². The normalized spacial score (nSPS) is 19.1. The summed E-state index contributed by atoms with van der Waals surface area (Å²) in [4.78, 5) is 76.7. The number of fused-ring (bicyclic) bond motifs is 9. The van der Waals surface area contributed by atoms with Gasteiger partial charge in [0, 0.05) is 91.7 Å². The zero-order chi connectivity index (χ0) is 69.0. The van der Waals surface area contributed by atoms with Gasteiger partial charge in [-0.2, -0.15) is 0 Å². The maximum absolute atomic E-state index is 12.5. The molecule has 0 amide bonds. The zero-order valence-corrected chi connectivity index (χ0v) is 64.4. The molecule has 0 spiro atoms. The van der Waals surface area contributed by atoms with E-state index in [4.69, 9.17) is 27.8 Å². The van der Waals surface area contributed by atoms with Crippen LogP contribution in [0.1, 0.15) is 138 Å². The summed E-state index contributed by atoms with van der Waals surface area (Å²) in [6, 6.07) is 29.8. The predicted octanol–water partition coefficient (Wildman–Crippen LogP) is 12.1. The fraction of sp³-hybridized carbons (Fsp3) is 0.459. The number of unbranched alkanes of at least 4 members (excludes halogenated alkanes) is 1. The molecule has 548 valence electrons. The number of sulfonamides is 2. The number of carbonyl (C=O) groups is 6. The van der Waals surface area contributed by atoms with Crippen molar-refractivity contribution in [2.24, 2.45) is 0 Å². The van der Waals surface area contributed by atoms with Crippen molar-refractivity contribution in [2.75, 3.05) is 85.7 Å². The van der Waals surface area contributed by atoms with E-state index in [0.29, 0.717) is 130 Å². The fourth-order valence-corrected chi connectivity index (χ4v) is 16.1. The molecule has 14 rings (SSSR count). The van der Waals surface area contributed by atoms with Crippen LogP contribution in [0.5, 0.6) is 17.2 Å². The van der Waals surface area contributed by atoms with Crippen molar-refractivity contribution >= 4 is 145 Å². The number of benzene rings is 6. The number of hydrogen-bond acceptors (Lipinski definition) is 21. The van der Waals surface area contributed by atoms with E-state index in [1.165, 1.54) is 12.5 Å². The summed E-state index contributed by atoms with van der Waals surface area (Å²) in [5.41, 5.74) is 3.80. The van der Waals surface area contributed by atoms with Gasteiger partial charge in [-0.05, 0) is 171 Å². The van der Waals surface area contributed by atoms with Crippen LogP contribution < -0.4 is 14.2 Å². The molecule has 23 nitrogen and oxygen atoms in total. The Morgan fingerprint density at radius 3 is 1.05 bits per heavy atom. The molecule has 3 aromatic heterocycles. The third-order valence-corrected chi connectivity index (χ3v) is 22.6. The number of ether oxygens (including phenoxy) is 3. The van der Waals surface area contributed by atoms with Gasteiger partial charge in [-0.3, -0.25) is 38.6 Å². The van der Waals surface area contributed by atoms with Crippen LogP contribution >= 0.6 is 24.8 Å². The molecular weight excluding hydrogens is 1560 g/mol. The van der Waals surface area contributed by atoms with Gasteiger partial charge in [0.05, 0.1) is 72.3 Å². The van der Waals surface area contributed by atoms with Crippen LogP contribution in [0.15, 0.2) is 105 Å². The molecule has 5 aliphatic rings. The van der Waals surface area contributed by atoms with Gasteiger partial charge in [-0.15, -0.1) is 24.8 Å². The molecule has 3 atom stereocenters. The van der Waals surface area contributed by atoms with Crippen molar-refractivity contribution in [3.63, 3.8) is 0 Å². The van der Waals surface area contributed by atoms with Gasteiger partial charge in [-0.25, -0.2) is 25.4 Å². The monoisotopic (exact) mass is 1650 g/mol. The minimum Gasteiger partial charge on any atom is -0.494 e. The van der Waals surface area contributed by atoms with E-state index in [2.05, 4.69) is 46.3 Å². The summed E-state index contributed by atoms with van der Waals surface area (Å²) in [5, 5.41) is 21.0. The van der Waals surface area contributed by atoms with Gasteiger partial charge < -0.3 is 35.2 Å². The average molecular weight is 1650 g/mol. The van der Waals surface area contributed by atoms with Crippen LogP contribution in [-0.2, 0) is 69.9 Å². The third-order valence-electron chi connectivity index (χ3n) is 20.0. The van der Waals surface area contributed by atoms with E-state index in [9.17, 15) is 45.6 Å². The molecule has 3 saturated carbocycles. The number of Topliss-reactive ketones (excluding diaryl/α,β-unsaturated/α-hetero) is 6. The molecule has 5 fully saturated rings. The molecule has 3 unspecified atom stereocenters. The number of hydrogen-bond donors (Lipinski definition) is 0. The molecule has 0 radical (unpaired) electrons. The molecule has 3 aliphatic carbocycles. The summed E-state index contributed by atoms with van der Waals surface area (Å²) >= 11 is 0. The number of piperidine rings is 2. The number of nitrogens with zero attached hydrogens (tertiary/aromatic N) is 7. The molecule has 5 heterocycles. The maximum atomic E-state index is 12.5. The smallest absolute Gasteiger partial charge is 0.211 e. The van der Waals surface area contributed by atoms with Crippen LogP contribution in [0.25, 0.3) is 65.2 Å². The van der Waals surface area contributed by atoms with Crippen molar-refractivity contribution in [1.29, 1.82) is 0 Å². The van der Waals surface area contributed by atoms with E-state index in [0.717, 1.165) is 117 Å². The molecular formula is C74H88Cl2N7O16S2W-. The Kier molecular flexibility index (Phi) is 27.8. The molecule has 2 aliphatic heterocycles. The summed E-state index contributed by atoms with van der Waals surface area (Å²) in [7, 11) is -2.14. The van der Waals surface area contributed by atoms with Crippen molar-refractivity contribution in [3.8, 4) is 17.2 Å². The van der Waals surface area contributed by atoms with Crippen molar-refractivity contribution in [3.05, 3.63) is 116 Å². The van der Waals surface area contributed by atoms with E-state index in [1.54, 1.807) is 8.61 Å². The van der Waals surface area contributed by atoms with E-state index >= 15 is 0 Å². The first-order valence-corrected chi connectivity index (χ1v) is 37.6. The summed E-state index contributed by atoms with van der Waals surface area (Å²) in [5.74, 6) is 0.887. The number of halogens is 2. The Morgan fingerprint density at radius 2 is 0.765 bits per heavy atom. The first-order valence-electron chi connectivity index (χ1n) is 33.9. The van der Waals surface area contributed by atoms with Crippen LogP contribution in [-0.4, -0.2) is 183 Å². The van der Waals surface area contributed by atoms with Crippen LogP contribution in [0, 0.1) is 7.43 Å². The zero-order valence-electron chi connectivity index (χ0n) is 58.2. The average Bonchev–Trinajstić information content (AvgIpc) is 1.59. The second-order valence-corrected chi connectivity index (χ2v) is 30.6. The minimum atomic E-state index is -3.12. The van der Waals surface area contributed by atoms with Gasteiger partial charge in [-0.1, -0.05) is 47.0 Å². The quantitative estimate of drug-likeness (QED) is 0.0413. The Morgan fingerprint density at radius 1 is 0.461 bits per heavy atom. The van der Waals surface area contributed by atoms with Crippen molar-refractivity contribution < 1.29 is 94.4 Å². The van der Waals surface area contributed by atoms with Crippen LogP contribution in [0.3, 0.4) is 0 Å². The Labute approximate surface area is 620 Å². The van der Waals surface area contributed by atoms with Crippen LogP contribution in [0.2, 0.25) is 0 Å². The molecule has 9 aromatic rings. The van der Waals surface area contributed by atoms with E-state index in [-0.39, 0.29) is 113 Å². The van der Waals surface area contributed by atoms with Crippen LogP contribution in [0.4, 0.5) is 0 Å². The molecule has 0 N–H and O–H groups in total. The van der Waals surface area contributed by atoms with E-state index in [1.807, 2.05) is 91.0 Å². The third kappa shape index (κ3) is 18.5. The van der Waals surface area contributed by atoms with Gasteiger partial charge in [0.15, 0.2) is 16.7 Å². The number of carbonyl (C=O) groups excluding carboxylic acids is 6. The van der Waals surface area contributed by atoms with Crippen molar-refractivity contribution in [1.82, 2.24) is 33.9 Å². The number of ketones is 6. The first kappa shape index (κ1) is 80.6. The molecule has 2 saturated heterocycles. The second-order valence-electron chi connectivity index (χ2n) is 26.6. The summed E-state index contributed by atoms with van der Waals surface area (Å²) in [6.45, 7) is 7.56. The molecule has 28 heteroatoms. The standard InChI is InChI=1S/2C26H31N3O6S.C21H21NO4.CH3.2ClH.W/c2*1-28(18-9-11-29(12-10-18)36(2,32)33)13-14-34-20-5-7-21-17(15-20)3-8-24-25(21)26(27-35-24)22-6-4-19(30)16-23(22)31;1-2-3-10-25-15-6-8-16-13(11-15)4-9-19-20(16)21(22-26-19)17-7-5-14(23)12-18(17)24;;;;/h2*3,5,7-8,15,18,22H,4,6,9-14,16H2,1-2H3;4,6,8-9,11,17H,2-3,5,7,10,12H2,1H3;1H3;2*1H;/q;;;-1;;;. The van der Waals surface area contributed by atoms with Gasteiger partial charge in [0.2, 0.25) is 20.0 Å². The van der Waals surface area contributed by atoms with Gasteiger partial charge >= 0.3 is 0 Å². The number of likely N-dealkylation sites (N-methyl/N-ethyl adjacent to an activating group) is 2. The molecule has 0 bridgehead atoms. The number of rotatable bonds is 19. The summed E-state index contributed by atoms with van der Waals surface area (Å²) < 4.78 is 84.4. The largest absolute Gasteiger partial charge is 0.494 e. The molecule has 6 aromatic carbocycles. The number of aromatic nitrogens is 3. The fourth-order valence-electron chi connectivity index (χ4n) is 14.3. The SMILES string of the molecule is CCCCOc1ccc2c(ccc3onc(C4CCC(=O)CC4=O)c32)c1.CN(CCOc1ccc2c(ccc3onc(C4CCC(=O)CC4=O)c32)c1)C1CCN(S(C)(=O)=O)CC1.CN(CCOc1ccc2c(ccc3onc(C4CCC(=O)CC4=O)c32)c1)C1CCN(S(C)(=O)=O)CC1.Cl.Cl.[CH3-].[W]. The van der Waals surface area contributed by atoms with Gasteiger partial charge in [0.1, 0.15) is 82.2 Å². The Bertz CT molecular complexity index is 4550. The topological polar surface area (TPSA) is 289 Å². The molecule has 102 heavy (non-hydrogen) atoms. The second kappa shape index (κ2) is 35.1.